The van der Waals surface area contributed by atoms with E-state index < -0.39 is 12.2 Å². The summed E-state index contributed by atoms with van der Waals surface area (Å²) in [5, 5.41) is 20.9. The third kappa shape index (κ3) is 4.18. The zero-order chi connectivity index (χ0) is 15.1. The first-order valence-corrected chi connectivity index (χ1v) is 7.06. The predicted octanol–water partition coefficient (Wildman–Crippen LogP) is 4.18. The van der Waals surface area contributed by atoms with Crippen LogP contribution in [0, 0.1) is 0 Å². The van der Waals surface area contributed by atoms with Crippen molar-refractivity contribution in [2.75, 3.05) is 0 Å². The highest BCUT2D eigenvalue weighted by atomic mass is 35.5. The molecule has 2 rings (SSSR count). The van der Waals surface area contributed by atoms with Gasteiger partial charge in [0.2, 0.25) is 0 Å². The van der Waals surface area contributed by atoms with Crippen LogP contribution in [0.3, 0.4) is 0 Å². The Morgan fingerprint density at radius 1 is 0.850 bits per heavy atom. The Balaban J connectivity index is 0.000000956. The van der Waals surface area contributed by atoms with E-state index in [4.69, 9.17) is 23.2 Å². The number of halogens is 2. The molecule has 0 bridgehead atoms. The third-order valence-corrected chi connectivity index (χ3v) is 3.37. The van der Waals surface area contributed by atoms with Crippen molar-refractivity contribution < 1.29 is 10.2 Å². The van der Waals surface area contributed by atoms with Crippen LogP contribution in [0.25, 0.3) is 0 Å². The molecule has 0 saturated heterocycles. The topological polar surface area (TPSA) is 53.4 Å². The molecule has 0 aliphatic rings. The number of pyridine rings is 1. The fourth-order valence-corrected chi connectivity index (χ4v) is 1.93. The molecule has 1 aromatic heterocycles. The van der Waals surface area contributed by atoms with E-state index in [-0.39, 0.29) is 0 Å². The van der Waals surface area contributed by atoms with E-state index in [1.807, 2.05) is 13.8 Å². The summed E-state index contributed by atoms with van der Waals surface area (Å²) in [6.45, 7) is 4.00. The van der Waals surface area contributed by atoms with Gasteiger partial charge in [-0.15, -0.1) is 0 Å². The lowest BCUT2D eigenvalue weighted by atomic mass is 9.99. The lowest BCUT2D eigenvalue weighted by Gasteiger charge is -2.18. The van der Waals surface area contributed by atoms with Crippen molar-refractivity contribution in [2.45, 2.75) is 26.1 Å². The lowest BCUT2D eigenvalue weighted by Crippen LogP contribution is -2.10. The maximum Gasteiger partial charge on any atom is 0.109 e. The molecule has 3 nitrogen and oxygen atoms in total. The average Bonchev–Trinajstić information content (AvgIpc) is 2.51. The van der Waals surface area contributed by atoms with Crippen LogP contribution in [0.4, 0.5) is 0 Å². The number of rotatable bonds is 3. The molecule has 2 unspecified atom stereocenters. The van der Waals surface area contributed by atoms with Crippen LogP contribution in [0.1, 0.15) is 37.2 Å². The molecule has 1 aromatic carbocycles. The number of hydrogen-bond acceptors (Lipinski definition) is 3. The van der Waals surface area contributed by atoms with Gasteiger partial charge in [0.05, 0.1) is 10.0 Å². The van der Waals surface area contributed by atoms with E-state index >= 15 is 0 Å². The normalized spacial score (nSPS) is 13.1. The van der Waals surface area contributed by atoms with Crippen LogP contribution < -0.4 is 0 Å². The van der Waals surface area contributed by atoms with Gasteiger partial charge in [0, 0.05) is 12.4 Å². The van der Waals surface area contributed by atoms with Gasteiger partial charge in [-0.3, -0.25) is 4.98 Å². The van der Waals surface area contributed by atoms with E-state index in [9.17, 15) is 10.2 Å². The van der Waals surface area contributed by atoms with E-state index in [1.54, 1.807) is 42.7 Å². The molecule has 0 spiro atoms. The Morgan fingerprint density at radius 2 is 1.40 bits per heavy atom. The fourth-order valence-electron chi connectivity index (χ4n) is 1.62. The summed E-state index contributed by atoms with van der Waals surface area (Å²) in [6, 6.07) is 8.04. The molecule has 0 fully saturated rings. The molecule has 0 amide bonds. The molecule has 20 heavy (non-hydrogen) atoms. The van der Waals surface area contributed by atoms with Crippen molar-refractivity contribution in [3.8, 4) is 0 Å². The molecule has 5 heteroatoms. The van der Waals surface area contributed by atoms with Crippen LogP contribution in [0.15, 0.2) is 42.7 Å². The lowest BCUT2D eigenvalue weighted by molar-refractivity contribution is 0.0172. The highest BCUT2D eigenvalue weighted by molar-refractivity contribution is 6.42. The van der Waals surface area contributed by atoms with Crippen LogP contribution in [-0.4, -0.2) is 15.2 Å². The first-order valence-electron chi connectivity index (χ1n) is 6.30. The van der Waals surface area contributed by atoms with E-state index in [2.05, 4.69) is 4.98 Å². The first-order chi connectivity index (χ1) is 9.59. The standard InChI is InChI=1S/C13H11Cl2NO2.C2H6/c14-10-2-1-9(7-11(10)15)13(18)12(17)8-3-5-16-6-4-8;1-2/h1-7,12-13,17-18H;1-2H3. The van der Waals surface area contributed by atoms with Gasteiger partial charge in [-0.2, -0.15) is 0 Å². The van der Waals surface area contributed by atoms with E-state index in [1.165, 1.54) is 0 Å². The molecule has 108 valence electrons. The van der Waals surface area contributed by atoms with E-state index in [0.717, 1.165) is 0 Å². The minimum absolute atomic E-state index is 0.343. The van der Waals surface area contributed by atoms with Gasteiger partial charge in [-0.1, -0.05) is 43.1 Å². The Morgan fingerprint density at radius 3 is 1.95 bits per heavy atom. The third-order valence-electron chi connectivity index (χ3n) is 2.63. The highest BCUT2D eigenvalue weighted by Crippen LogP contribution is 2.32. The molecular weight excluding hydrogens is 297 g/mol. The number of aliphatic hydroxyl groups is 2. The molecule has 0 saturated carbocycles. The van der Waals surface area contributed by atoms with Crippen LogP contribution >= 0.6 is 23.2 Å². The van der Waals surface area contributed by atoms with Crippen molar-refractivity contribution >= 4 is 23.2 Å². The quantitative estimate of drug-likeness (QED) is 0.893. The number of nitrogens with zero attached hydrogens (tertiary/aromatic N) is 1. The first kappa shape index (κ1) is 16.9. The number of aromatic nitrogens is 1. The smallest absolute Gasteiger partial charge is 0.109 e. The van der Waals surface area contributed by atoms with Crippen LogP contribution in [0.5, 0.6) is 0 Å². The average molecular weight is 314 g/mol. The predicted molar refractivity (Wildman–Crippen MR) is 82.0 cm³/mol. The molecular formula is C15H17Cl2NO2. The summed E-state index contributed by atoms with van der Waals surface area (Å²) in [4.78, 5) is 3.85. The van der Waals surface area contributed by atoms with Crippen molar-refractivity contribution in [1.29, 1.82) is 0 Å². The maximum atomic E-state index is 10.1. The van der Waals surface area contributed by atoms with Gasteiger partial charge < -0.3 is 10.2 Å². The zero-order valence-corrected chi connectivity index (χ0v) is 12.8. The summed E-state index contributed by atoms with van der Waals surface area (Å²) in [5.41, 5.74) is 1.09. The summed E-state index contributed by atoms with van der Waals surface area (Å²) < 4.78 is 0. The number of benzene rings is 1. The second-order valence-corrected chi connectivity index (χ2v) is 4.66. The van der Waals surface area contributed by atoms with Gasteiger partial charge >= 0.3 is 0 Å². The molecule has 2 N–H and O–H groups in total. The largest absolute Gasteiger partial charge is 0.385 e. The van der Waals surface area contributed by atoms with Crippen molar-refractivity contribution in [1.82, 2.24) is 4.98 Å². The second-order valence-electron chi connectivity index (χ2n) is 3.84. The highest BCUT2D eigenvalue weighted by Gasteiger charge is 2.20. The van der Waals surface area contributed by atoms with Crippen molar-refractivity contribution in [3.05, 3.63) is 63.9 Å². The Kier molecular flexibility index (Phi) is 6.96. The van der Waals surface area contributed by atoms with Crippen LogP contribution in [-0.2, 0) is 0 Å². The fraction of sp³-hybridized carbons (Fsp3) is 0.267. The number of aliphatic hydroxyl groups excluding tert-OH is 2. The summed E-state index contributed by atoms with van der Waals surface area (Å²) in [7, 11) is 0. The molecule has 0 aliphatic carbocycles. The summed E-state index contributed by atoms with van der Waals surface area (Å²) in [5.74, 6) is 0. The monoisotopic (exact) mass is 313 g/mol. The van der Waals surface area contributed by atoms with Gasteiger partial charge in [0.25, 0.3) is 0 Å². The van der Waals surface area contributed by atoms with Crippen molar-refractivity contribution in [2.24, 2.45) is 0 Å². The minimum atomic E-state index is -1.07. The summed E-state index contributed by atoms with van der Waals surface area (Å²) in [6.07, 6.45) is 1.01. The molecule has 0 radical (unpaired) electrons. The van der Waals surface area contributed by atoms with Gasteiger partial charge in [0.15, 0.2) is 0 Å². The van der Waals surface area contributed by atoms with Gasteiger partial charge in [-0.25, -0.2) is 0 Å². The summed E-state index contributed by atoms with van der Waals surface area (Å²) >= 11 is 11.7. The zero-order valence-electron chi connectivity index (χ0n) is 11.3. The Hall–Kier alpha value is -1.13. The van der Waals surface area contributed by atoms with Gasteiger partial charge in [0.1, 0.15) is 12.2 Å². The minimum Gasteiger partial charge on any atom is -0.385 e. The van der Waals surface area contributed by atoms with Crippen LogP contribution in [0.2, 0.25) is 10.0 Å². The Labute approximate surface area is 128 Å². The number of hydrogen-bond donors (Lipinski definition) is 2. The molecule has 0 aliphatic heterocycles. The molecule has 2 atom stereocenters. The van der Waals surface area contributed by atoms with E-state index in [0.29, 0.717) is 21.2 Å². The van der Waals surface area contributed by atoms with Gasteiger partial charge in [-0.05, 0) is 35.4 Å². The molecule has 2 aromatic rings. The Bertz CT molecular complexity index is 535. The van der Waals surface area contributed by atoms with Crippen molar-refractivity contribution in [3.63, 3.8) is 0 Å². The maximum absolute atomic E-state index is 10.1. The molecule has 1 heterocycles. The SMILES string of the molecule is CC.OC(c1ccncc1)C(O)c1ccc(Cl)c(Cl)c1. The second kappa shape index (κ2) is 8.22.